The summed E-state index contributed by atoms with van der Waals surface area (Å²) in [4.78, 5) is 12.0. The second-order valence-corrected chi connectivity index (χ2v) is 4.08. The van der Waals surface area contributed by atoms with Crippen molar-refractivity contribution in [2.75, 3.05) is 18.2 Å². The molecule has 2 rings (SSSR count). The van der Waals surface area contributed by atoms with E-state index >= 15 is 0 Å². The predicted molar refractivity (Wildman–Crippen MR) is 73.4 cm³/mol. The minimum Gasteiger partial charge on any atom is -0.504 e. The number of anilines is 2. The standard InChI is InChI=1S/C14H13FN2O3/c1-20-12-4-2-3-11(13(12)18)14(19)17-10-6-8(15)5-9(16)7-10/h2-7,18H,16H2,1H3,(H,17,19). The molecule has 0 aliphatic rings. The normalized spacial score (nSPS) is 10.1. The van der Waals surface area contributed by atoms with Crippen molar-refractivity contribution in [3.63, 3.8) is 0 Å². The third kappa shape index (κ3) is 2.80. The zero-order valence-electron chi connectivity index (χ0n) is 10.7. The van der Waals surface area contributed by atoms with Crippen LogP contribution >= 0.6 is 0 Å². The number of carbonyl (C=O) groups is 1. The van der Waals surface area contributed by atoms with E-state index in [9.17, 15) is 14.3 Å². The first kappa shape index (κ1) is 13.7. The molecule has 0 fully saturated rings. The zero-order chi connectivity index (χ0) is 14.7. The minimum atomic E-state index is -0.591. The van der Waals surface area contributed by atoms with Gasteiger partial charge in [0.15, 0.2) is 11.5 Å². The second kappa shape index (κ2) is 5.48. The van der Waals surface area contributed by atoms with E-state index in [-0.39, 0.29) is 28.4 Å². The van der Waals surface area contributed by atoms with Crippen LogP contribution in [0.3, 0.4) is 0 Å². The molecule has 0 radical (unpaired) electrons. The van der Waals surface area contributed by atoms with Gasteiger partial charge >= 0.3 is 0 Å². The SMILES string of the molecule is COc1cccc(C(=O)Nc2cc(N)cc(F)c2)c1O. The summed E-state index contributed by atoms with van der Waals surface area (Å²) < 4.78 is 18.1. The number of rotatable bonds is 3. The number of phenols is 1. The number of benzene rings is 2. The van der Waals surface area contributed by atoms with Crippen molar-refractivity contribution in [1.29, 1.82) is 0 Å². The number of hydrogen-bond donors (Lipinski definition) is 3. The monoisotopic (exact) mass is 276 g/mol. The number of methoxy groups -OCH3 is 1. The van der Waals surface area contributed by atoms with E-state index in [4.69, 9.17) is 10.5 Å². The number of hydrogen-bond acceptors (Lipinski definition) is 4. The highest BCUT2D eigenvalue weighted by atomic mass is 19.1. The maximum Gasteiger partial charge on any atom is 0.259 e. The van der Waals surface area contributed by atoms with Crippen LogP contribution in [0.5, 0.6) is 11.5 Å². The molecule has 6 heteroatoms. The molecule has 0 aliphatic heterocycles. The largest absolute Gasteiger partial charge is 0.504 e. The Kier molecular flexibility index (Phi) is 3.74. The number of phenolic OH excluding ortho intramolecular Hbond substituents is 1. The Morgan fingerprint density at radius 2 is 2.10 bits per heavy atom. The fourth-order valence-corrected chi connectivity index (χ4v) is 1.75. The Balaban J connectivity index is 2.28. The van der Waals surface area contributed by atoms with Crippen molar-refractivity contribution in [2.24, 2.45) is 0 Å². The van der Waals surface area contributed by atoms with E-state index in [1.54, 1.807) is 6.07 Å². The fourth-order valence-electron chi connectivity index (χ4n) is 1.75. The van der Waals surface area contributed by atoms with Crippen LogP contribution in [-0.4, -0.2) is 18.1 Å². The first-order chi connectivity index (χ1) is 9.51. The molecule has 2 aromatic rings. The molecule has 0 saturated carbocycles. The summed E-state index contributed by atoms with van der Waals surface area (Å²) in [6, 6.07) is 8.19. The van der Waals surface area contributed by atoms with Crippen LogP contribution in [0, 0.1) is 5.82 Å². The highest BCUT2D eigenvalue weighted by Crippen LogP contribution is 2.30. The molecule has 0 aromatic heterocycles. The Bertz CT molecular complexity index is 639. The lowest BCUT2D eigenvalue weighted by atomic mass is 10.1. The first-order valence-corrected chi connectivity index (χ1v) is 5.74. The minimum absolute atomic E-state index is 0.0205. The van der Waals surface area contributed by atoms with Crippen LogP contribution in [0.2, 0.25) is 0 Å². The fraction of sp³-hybridized carbons (Fsp3) is 0.0714. The number of halogens is 1. The Morgan fingerprint density at radius 3 is 2.75 bits per heavy atom. The third-order valence-corrected chi connectivity index (χ3v) is 2.64. The quantitative estimate of drug-likeness (QED) is 0.751. The molecule has 104 valence electrons. The van der Waals surface area contributed by atoms with Crippen molar-refractivity contribution in [3.8, 4) is 11.5 Å². The third-order valence-electron chi connectivity index (χ3n) is 2.64. The molecule has 0 spiro atoms. The number of ether oxygens (including phenoxy) is 1. The van der Waals surface area contributed by atoms with Gasteiger partial charge < -0.3 is 20.9 Å². The summed E-state index contributed by atoms with van der Waals surface area (Å²) in [6.45, 7) is 0. The number of nitrogens with one attached hydrogen (secondary N) is 1. The van der Waals surface area contributed by atoms with Gasteiger partial charge in [0.05, 0.1) is 12.7 Å². The van der Waals surface area contributed by atoms with Crippen LogP contribution in [0.1, 0.15) is 10.4 Å². The van der Waals surface area contributed by atoms with Crippen molar-refractivity contribution in [2.45, 2.75) is 0 Å². The van der Waals surface area contributed by atoms with E-state index in [1.807, 2.05) is 0 Å². The Hall–Kier alpha value is -2.76. The molecule has 5 nitrogen and oxygen atoms in total. The average Bonchev–Trinajstić information content (AvgIpc) is 2.37. The number of aromatic hydroxyl groups is 1. The number of nitrogens with two attached hydrogens (primary N) is 1. The van der Waals surface area contributed by atoms with Gasteiger partial charge in [-0.1, -0.05) is 6.07 Å². The molecule has 0 saturated heterocycles. The molecule has 0 bridgehead atoms. The molecule has 2 aromatic carbocycles. The first-order valence-electron chi connectivity index (χ1n) is 5.74. The smallest absolute Gasteiger partial charge is 0.259 e. The molecular formula is C14H13FN2O3. The Labute approximate surface area is 114 Å². The van der Waals surface area contributed by atoms with Gasteiger partial charge in [0.25, 0.3) is 5.91 Å². The van der Waals surface area contributed by atoms with Crippen LogP contribution in [-0.2, 0) is 0 Å². The number of nitrogen functional groups attached to an aromatic ring is 1. The molecule has 1 amide bonds. The lowest BCUT2D eigenvalue weighted by molar-refractivity contribution is 0.102. The van der Waals surface area contributed by atoms with E-state index in [0.29, 0.717) is 0 Å². The van der Waals surface area contributed by atoms with Crippen LogP contribution in [0.25, 0.3) is 0 Å². The van der Waals surface area contributed by atoms with Gasteiger partial charge in [-0.25, -0.2) is 4.39 Å². The topological polar surface area (TPSA) is 84.6 Å². The van der Waals surface area contributed by atoms with Gasteiger partial charge in [-0.15, -0.1) is 0 Å². The molecule has 20 heavy (non-hydrogen) atoms. The maximum atomic E-state index is 13.2. The Morgan fingerprint density at radius 1 is 1.35 bits per heavy atom. The maximum absolute atomic E-state index is 13.2. The predicted octanol–water partition coefficient (Wildman–Crippen LogP) is 2.37. The molecular weight excluding hydrogens is 263 g/mol. The number of amides is 1. The second-order valence-electron chi connectivity index (χ2n) is 4.08. The zero-order valence-corrected chi connectivity index (χ0v) is 10.7. The molecule has 4 N–H and O–H groups in total. The van der Waals surface area contributed by atoms with Crippen molar-refractivity contribution >= 4 is 17.3 Å². The van der Waals surface area contributed by atoms with Crippen LogP contribution < -0.4 is 15.8 Å². The van der Waals surface area contributed by atoms with Crippen LogP contribution in [0.4, 0.5) is 15.8 Å². The van der Waals surface area contributed by atoms with Gasteiger partial charge in [-0.3, -0.25) is 4.79 Å². The van der Waals surface area contributed by atoms with Gasteiger partial charge in [0.2, 0.25) is 0 Å². The lowest BCUT2D eigenvalue weighted by Gasteiger charge is -2.10. The number of para-hydroxylation sites is 1. The average molecular weight is 276 g/mol. The van der Waals surface area contributed by atoms with E-state index in [0.717, 1.165) is 12.1 Å². The van der Waals surface area contributed by atoms with Gasteiger partial charge in [-0.2, -0.15) is 0 Å². The van der Waals surface area contributed by atoms with E-state index in [2.05, 4.69) is 5.32 Å². The molecule has 0 unspecified atom stereocenters. The van der Waals surface area contributed by atoms with Crippen molar-refractivity contribution in [1.82, 2.24) is 0 Å². The van der Waals surface area contributed by atoms with E-state index < -0.39 is 11.7 Å². The summed E-state index contributed by atoms with van der Waals surface area (Å²) in [5, 5.41) is 12.3. The summed E-state index contributed by atoms with van der Waals surface area (Å²) >= 11 is 0. The van der Waals surface area contributed by atoms with Gasteiger partial charge in [0.1, 0.15) is 5.82 Å². The summed E-state index contributed by atoms with van der Waals surface area (Å²) in [5.74, 6) is -1.25. The highest BCUT2D eigenvalue weighted by molar-refractivity contribution is 6.06. The summed E-state index contributed by atoms with van der Waals surface area (Å²) in [6.07, 6.45) is 0. The molecule has 0 heterocycles. The summed E-state index contributed by atoms with van der Waals surface area (Å²) in [5.41, 5.74) is 5.90. The highest BCUT2D eigenvalue weighted by Gasteiger charge is 2.15. The molecule has 0 atom stereocenters. The lowest BCUT2D eigenvalue weighted by Crippen LogP contribution is -2.12. The summed E-state index contributed by atoms with van der Waals surface area (Å²) in [7, 11) is 1.38. The number of carbonyl (C=O) groups excluding carboxylic acids is 1. The van der Waals surface area contributed by atoms with E-state index in [1.165, 1.54) is 25.3 Å². The van der Waals surface area contributed by atoms with Crippen molar-refractivity contribution < 1.29 is 19.0 Å². The van der Waals surface area contributed by atoms with Crippen LogP contribution in [0.15, 0.2) is 36.4 Å². The van der Waals surface area contributed by atoms with Crippen molar-refractivity contribution in [3.05, 3.63) is 47.8 Å². The molecule has 0 aliphatic carbocycles. The van der Waals surface area contributed by atoms with Gasteiger partial charge in [0, 0.05) is 11.4 Å². The van der Waals surface area contributed by atoms with Gasteiger partial charge in [-0.05, 0) is 30.3 Å².